The summed E-state index contributed by atoms with van der Waals surface area (Å²) in [5, 5.41) is 9.09. The molecular formula is C61H48O7. The Labute approximate surface area is 395 Å². The lowest BCUT2D eigenvalue weighted by Gasteiger charge is -2.09. The first-order chi connectivity index (χ1) is 33.3. The molecule has 9 aromatic carbocycles. The van der Waals surface area contributed by atoms with E-state index in [0.29, 0.717) is 5.92 Å². The Kier molecular flexibility index (Phi) is 17.5. The van der Waals surface area contributed by atoms with Crippen LogP contribution in [-0.2, 0) is 28.8 Å². The molecule has 0 spiro atoms. The predicted molar refractivity (Wildman–Crippen MR) is 268 cm³/mol. The highest BCUT2D eigenvalue weighted by Gasteiger charge is 2.40. The van der Waals surface area contributed by atoms with Gasteiger partial charge in [-0.15, -0.1) is 0 Å². The van der Waals surface area contributed by atoms with Gasteiger partial charge in [0.1, 0.15) is 11.3 Å². The van der Waals surface area contributed by atoms with Crippen LogP contribution in [-0.4, -0.2) is 18.5 Å². The first kappa shape index (κ1) is 48.6. The molecule has 1 aromatic heterocycles. The fourth-order valence-electron chi connectivity index (χ4n) is 8.64. The summed E-state index contributed by atoms with van der Waals surface area (Å²) in [6, 6.07) is 70.6. The van der Waals surface area contributed by atoms with Gasteiger partial charge in [0.05, 0.1) is 0 Å². The summed E-state index contributed by atoms with van der Waals surface area (Å²) < 4.78 is 5.98. The predicted octanol–water partition coefficient (Wildman–Crippen LogP) is 14.5. The van der Waals surface area contributed by atoms with E-state index in [1.807, 2.05) is 24.3 Å². The highest BCUT2D eigenvalue weighted by molar-refractivity contribution is 5.93. The number of rotatable bonds is 5. The molecule has 0 N–H and O–H groups in total. The second-order valence-electron chi connectivity index (χ2n) is 16.0. The second-order valence-corrected chi connectivity index (χ2v) is 16.0. The maximum atomic E-state index is 8.12. The lowest BCUT2D eigenvalue weighted by molar-refractivity contribution is -0.193. The van der Waals surface area contributed by atoms with Gasteiger partial charge < -0.3 is 4.42 Å². The van der Waals surface area contributed by atoms with Gasteiger partial charge >= 0.3 is 18.5 Å². The van der Waals surface area contributed by atoms with Gasteiger partial charge in [-0.1, -0.05) is 200 Å². The van der Waals surface area contributed by atoms with Crippen LogP contribution >= 0.6 is 0 Å². The molecule has 7 nitrogen and oxygen atoms in total. The fourth-order valence-corrected chi connectivity index (χ4v) is 8.64. The Morgan fingerprint density at radius 2 is 0.882 bits per heavy atom. The van der Waals surface area contributed by atoms with E-state index in [4.69, 9.17) is 33.2 Å². The molecule has 2 atom stereocenters. The summed E-state index contributed by atoms with van der Waals surface area (Å²) in [6.45, 7) is 6.62. The molecule has 10 aromatic rings. The number of fused-ring (bicyclic) bond motifs is 4. The van der Waals surface area contributed by atoms with Gasteiger partial charge in [-0.25, -0.2) is 0 Å². The topological polar surface area (TPSA) is 116 Å². The van der Waals surface area contributed by atoms with E-state index in [1.54, 1.807) is 0 Å². The van der Waals surface area contributed by atoms with E-state index in [-0.39, 0.29) is 18.5 Å². The maximum Gasteiger partial charge on any atom is 0.373 e. The molecule has 0 amide bonds. The number of benzene rings is 9. The van der Waals surface area contributed by atoms with Crippen LogP contribution in [0.2, 0.25) is 0 Å². The van der Waals surface area contributed by atoms with Crippen molar-refractivity contribution in [3.8, 4) is 11.3 Å². The van der Waals surface area contributed by atoms with Crippen LogP contribution in [0, 0.1) is 20.8 Å². The number of carbonyl (C=O) groups excluding carboxylic acids is 6. The monoisotopic (exact) mass is 892 g/mol. The van der Waals surface area contributed by atoms with Crippen molar-refractivity contribution in [1.82, 2.24) is 0 Å². The molecule has 0 bridgehead atoms. The number of hydrogen-bond acceptors (Lipinski definition) is 7. The summed E-state index contributed by atoms with van der Waals surface area (Å²) in [5.74, 6) is 2.37. The van der Waals surface area contributed by atoms with Crippen molar-refractivity contribution < 1.29 is 33.2 Å². The van der Waals surface area contributed by atoms with Crippen LogP contribution in [0.25, 0.3) is 66.8 Å². The first-order valence-corrected chi connectivity index (χ1v) is 22.0. The number of para-hydroxylation sites is 1. The van der Waals surface area contributed by atoms with E-state index in [9.17, 15) is 0 Å². The van der Waals surface area contributed by atoms with Gasteiger partial charge in [0.2, 0.25) is 0 Å². The summed E-state index contributed by atoms with van der Waals surface area (Å²) >= 11 is 0. The molecule has 0 saturated heterocycles. The zero-order valence-corrected chi connectivity index (χ0v) is 37.9. The molecule has 1 saturated carbocycles. The van der Waals surface area contributed by atoms with Crippen LogP contribution in [0.15, 0.2) is 205 Å². The smallest absolute Gasteiger partial charge is 0.373 e. The SMILES string of the molecule is Cc1c(-c2cc3ccccc3o2)ccc2ccccc12.Cc1c(/C=C/c2ccccc2)ccc2ccccc12.Cc1c(C2CC2c2ccccc2)ccc2ccccc12.O=C=O.O=C=O.O=C=O. The van der Waals surface area contributed by atoms with Crippen molar-refractivity contribution in [3.05, 3.63) is 239 Å². The van der Waals surface area contributed by atoms with E-state index in [0.717, 1.165) is 22.6 Å². The van der Waals surface area contributed by atoms with E-state index in [2.05, 4.69) is 209 Å². The fraction of sp³-hybridized carbons (Fsp3) is 0.0984. The third-order valence-electron chi connectivity index (χ3n) is 12.0. The van der Waals surface area contributed by atoms with Crippen molar-refractivity contribution in [1.29, 1.82) is 0 Å². The zero-order valence-electron chi connectivity index (χ0n) is 37.9. The summed E-state index contributed by atoms with van der Waals surface area (Å²) in [5.41, 5.74) is 11.7. The molecule has 334 valence electrons. The van der Waals surface area contributed by atoms with Crippen molar-refractivity contribution in [2.45, 2.75) is 39.0 Å². The summed E-state index contributed by atoms with van der Waals surface area (Å²) in [7, 11) is 0. The van der Waals surface area contributed by atoms with Gasteiger partial charge in [-0.2, -0.15) is 28.8 Å². The van der Waals surface area contributed by atoms with Crippen LogP contribution < -0.4 is 0 Å². The molecule has 2 unspecified atom stereocenters. The number of aryl methyl sites for hydroxylation is 3. The van der Waals surface area contributed by atoms with Gasteiger partial charge in [0.15, 0.2) is 0 Å². The Morgan fingerprint density at radius 3 is 1.46 bits per heavy atom. The molecule has 1 aliphatic rings. The normalized spacial score (nSPS) is 13.0. The summed E-state index contributed by atoms with van der Waals surface area (Å²) in [6.07, 6.45) is 6.40. The molecule has 11 rings (SSSR count). The van der Waals surface area contributed by atoms with Crippen LogP contribution in [0.1, 0.15) is 57.2 Å². The Morgan fingerprint density at radius 1 is 0.426 bits per heavy atom. The molecule has 0 radical (unpaired) electrons. The van der Waals surface area contributed by atoms with Crippen LogP contribution in [0.4, 0.5) is 0 Å². The number of furan rings is 1. The molecule has 68 heavy (non-hydrogen) atoms. The minimum Gasteiger partial charge on any atom is -0.456 e. The highest BCUT2D eigenvalue weighted by Crippen LogP contribution is 2.55. The van der Waals surface area contributed by atoms with Crippen molar-refractivity contribution >= 4 is 73.9 Å². The largest absolute Gasteiger partial charge is 0.456 e. The van der Waals surface area contributed by atoms with E-state index < -0.39 is 0 Å². The van der Waals surface area contributed by atoms with Crippen molar-refractivity contribution in [2.24, 2.45) is 0 Å². The molecule has 1 aliphatic carbocycles. The van der Waals surface area contributed by atoms with E-state index in [1.165, 1.54) is 83.2 Å². The summed E-state index contributed by atoms with van der Waals surface area (Å²) in [4.78, 5) is 48.8. The zero-order chi connectivity index (χ0) is 48.3. The molecule has 1 heterocycles. The van der Waals surface area contributed by atoms with Gasteiger partial charge in [0, 0.05) is 10.9 Å². The van der Waals surface area contributed by atoms with Gasteiger partial charge in [-0.05, 0) is 122 Å². The average Bonchev–Trinajstić information content (AvgIpc) is 4.05. The third-order valence-corrected chi connectivity index (χ3v) is 12.0. The van der Waals surface area contributed by atoms with Crippen LogP contribution in [0.3, 0.4) is 0 Å². The Balaban J connectivity index is 0.000000154. The van der Waals surface area contributed by atoms with Crippen molar-refractivity contribution in [2.75, 3.05) is 0 Å². The second kappa shape index (κ2) is 24.5. The van der Waals surface area contributed by atoms with Crippen molar-refractivity contribution in [3.63, 3.8) is 0 Å². The molecular weight excluding hydrogens is 845 g/mol. The lowest BCUT2D eigenvalue weighted by Crippen LogP contribution is -1.90. The number of hydrogen-bond donors (Lipinski definition) is 0. The lowest BCUT2D eigenvalue weighted by atomic mass is 9.95. The van der Waals surface area contributed by atoms with E-state index >= 15 is 0 Å². The minimum absolute atomic E-state index is 0.250. The third kappa shape index (κ3) is 12.3. The average molecular weight is 893 g/mol. The van der Waals surface area contributed by atoms with Crippen LogP contribution in [0.5, 0.6) is 0 Å². The van der Waals surface area contributed by atoms with Gasteiger partial charge in [-0.3, -0.25) is 0 Å². The Hall–Kier alpha value is -8.82. The Bertz CT molecular complexity index is 3320. The van der Waals surface area contributed by atoms with Gasteiger partial charge in [0.25, 0.3) is 0 Å². The maximum absolute atomic E-state index is 8.12. The molecule has 7 heteroatoms. The quantitative estimate of drug-likeness (QED) is 0.158. The molecule has 0 aliphatic heterocycles. The highest BCUT2D eigenvalue weighted by atomic mass is 16.3. The minimum atomic E-state index is 0.250. The molecule has 1 fully saturated rings. The first-order valence-electron chi connectivity index (χ1n) is 22.0. The standard InChI is InChI=1S/C20H18.C19H14O.C19H16.3CO2/c1-14-17-10-6-5-9-16(17)11-12-18(14)20-13-19(20)15-7-3-2-4-8-15;1-13-16-8-4-2-6-14(16)10-11-17(13)19-12-15-7-3-5-9-18(15)20-19;1-15-17(12-11-16-7-3-2-4-8-16)13-14-18-9-5-6-10-19(15)18;3*2-1-3/h2-12,19-20H,13H2,1H3;2-12H,1H3;2-14H,1H3;;;/b;;12-11+;;;.